The van der Waals surface area contributed by atoms with Crippen molar-refractivity contribution in [2.45, 2.75) is 39.8 Å². The number of ketones is 2. The molecule has 0 radical (unpaired) electrons. The average Bonchev–Trinajstić information content (AvgIpc) is 2.49. The predicted octanol–water partition coefficient (Wildman–Crippen LogP) is 3.09. The van der Waals surface area contributed by atoms with E-state index in [0.717, 1.165) is 5.56 Å². The molecule has 0 aromatic heterocycles. The van der Waals surface area contributed by atoms with E-state index in [1.54, 1.807) is 12.1 Å². The highest BCUT2D eigenvalue weighted by Crippen LogP contribution is 2.20. The van der Waals surface area contributed by atoms with Gasteiger partial charge in [-0.2, -0.15) is 0 Å². The van der Waals surface area contributed by atoms with Crippen molar-refractivity contribution in [2.75, 3.05) is 5.88 Å². The second-order valence-corrected chi connectivity index (χ2v) is 6.71. The van der Waals surface area contributed by atoms with Crippen LogP contribution in [0, 0.1) is 5.41 Å². The van der Waals surface area contributed by atoms with Crippen LogP contribution in [0.3, 0.4) is 0 Å². The molecule has 1 rings (SSSR count). The molecule has 1 amide bonds. The fourth-order valence-corrected chi connectivity index (χ4v) is 2.08. The van der Waals surface area contributed by atoms with Gasteiger partial charge < -0.3 is 10.1 Å². The lowest BCUT2D eigenvalue weighted by atomic mass is 9.87. The summed E-state index contributed by atoms with van der Waals surface area (Å²) in [6.07, 6.45) is -0.668. The largest absolute Gasteiger partial charge is 0.445 e. The first kappa shape index (κ1) is 19.2. The SMILES string of the molecule is CC(C)(C)CC(=O)[C@H](NC(=O)OCc1ccccc1)C(=O)CCl. The first-order chi connectivity index (χ1) is 10.7. The fourth-order valence-electron chi connectivity index (χ4n) is 1.93. The Kier molecular flexibility index (Phi) is 7.23. The highest BCUT2D eigenvalue weighted by atomic mass is 35.5. The maximum atomic E-state index is 12.2. The highest BCUT2D eigenvalue weighted by molar-refractivity contribution is 6.31. The van der Waals surface area contributed by atoms with Crippen LogP contribution in [-0.2, 0) is 20.9 Å². The topological polar surface area (TPSA) is 72.5 Å². The number of ether oxygens (including phenoxy) is 1. The van der Waals surface area contributed by atoms with E-state index in [0.29, 0.717) is 0 Å². The molecule has 0 unspecified atom stereocenters. The van der Waals surface area contributed by atoms with Gasteiger partial charge in [0.1, 0.15) is 6.61 Å². The van der Waals surface area contributed by atoms with E-state index in [-0.39, 0.29) is 30.1 Å². The number of hydrogen-bond acceptors (Lipinski definition) is 4. The van der Waals surface area contributed by atoms with Gasteiger partial charge in [-0.25, -0.2) is 4.79 Å². The number of benzene rings is 1. The van der Waals surface area contributed by atoms with Gasteiger partial charge in [0.2, 0.25) is 0 Å². The Balaban J connectivity index is 2.64. The Morgan fingerprint density at radius 3 is 2.26 bits per heavy atom. The van der Waals surface area contributed by atoms with Crippen LogP contribution in [0.5, 0.6) is 0 Å². The number of carbonyl (C=O) groups excluding carboxylic acids is 3. The van der Waals surface area contributed by atoms with E-state index in [9.17, 15) is 14.4 Å². The molecule has 0 heterocycles. The molecule has 6 heteroatoms. The zero-order chi connectivity index (χ0) is 17.5. The lowest BCUT2D eigenvalue weighted by molar-refractivity contribution is -0.129. The minimum absolute atomic E-state index is 0.0575. The molecular formula is C17H22ClNO4. The minimum Gasteiger partial charge on any atom is -0.445 e. The standard InChI is InChI=1S/C17H22ClNO4/c1-17(2,3)9-13(20)15(14(21)10-18)19-16(22)23-11-12-7-5-4-6-8-12/h4-8,15H,9-11H2,1-3H3,(H,19,22)/t15-/m0/s1. The third kappa shape index (κ3) is 7.28. The summed E-state index contributed by atoms with van der Waals surface area (Å²) in [5.74, 6) is -1.27. The molecule has 1 N–H and O–H groups in total. The van der Waals surface area contributed by atoms with Crippen LogP contribution in [-0.4, -0.2) is 29.6 Å². The summed E-state index contributed by atoms with van der Waals surface area (Å²) in [6, 6.07) is 7.84. The first-order valence-electron chi connectivity index (χ1n) is 7.31. The molecule has 1 aromatic rings. The van der Waals surface area contributed by atoms with Crippen molar-refractivity contribution in [1.29, 1.82) is 0 Å². The fraction of sp³-hybridized carbons (Fsp3) is 0.471. The number of carbonyl (C=O) groups is 3. The summed E-state index contributed by atoms with van der Waals surface area (Å²) in [5.41, 5.74) is 0.515. The molecular weight excluding hydrogens is 318 g/mol. The monoisotopic (exact) mass is 339 g/mol. The molecule has 5 nitrogen and oxygen atoms in total. The Bertz CT molecular complexity index is 551. The Morgan fingerprint density at radius 1 is 1.13 bits per heavy atom. The van der Waals surface area contributed by atoms with E-state index >= 15 is 0 Å². The van der Waals surface area contributed by atoms with Crippen molar-refractivity contribution < 1.29 is 19.1 Å². The molecule has 0 aliphatic heterocycles. The van der Waals surface area contributed by atoms with Crippen molar-refractivity contribution in [2.24, 2.45) is 5.41 Å². The van der Waals surface area contributed by atoms with Gasteiger partial charge >= 0.3 is 6.09 Å². The molecule has 1 atom stereocenters. The summed E-state index contributed by atoms with van der Waals surface area (Å²) >= 11 is 5.52. The number of Topliss-reactive ketones (excluding diaryl/α,β-unsaturated/α-hetero) is 2. The molecule has 0 saturated heterocycles. The summed E-state index contributed by atoms with van der Waals surface area (Å²) in [6.45, 7) is 5.69. The second-order valence-electron chi connectivity index (χ2n) is 6.44. The molecule has 0 aliphatic carbocycles. The van der Waals surface area contributed by atoms with Crippen LogP contribution in [0.1, 0.15) is 32.8 Å². The van der Waals surface area contributed by atoms with Crippen LogP contribution >= 0.6 is 11.6 Å². The van der Waals surface area contributed by atoms with Crippen LogP contribution in [0.25, 0.3) is 0 Å². The molecule has 0 fully saturated rings. The molecule has 1 aromatic carbocycles. The number of halogens is 1. The zero-order valence-corrected chi connectivity index (χ0v) is 14.4. The van der Waals surface area contributed by atoms with Gasteiger partial charge in [0.05, 0.1) is 5.88 Å². The maximum absolute atomic E-state index is 12.2. The van der Waals surface area contributed by atoms with Crippen LogP contribution in [0.15, 0.2) is 30.3 Å². The molecule has 23 heavy (non-hydrogen) atoms. The van der Waals surface area contributed by atoms with Crippen molar-refractivity contribution >= 4 is 29.3 Å². The van der Waals surface area contributed by atoms with Crippen molar-refractivity contribution in [3.8, 4) is 0 Å². The van der Waals surface area contributed by atoms with Gasteiger partial charge in [-0.15, -0.1) is 11.6 Å². The normalized spacial score (nSPS) is 12.3. The number of hydrogen-bond donors (Lipinski definition) is 1. The maximum Gasteiger partial charge on any atom is 0.408 e. The van der Waals surface area contributed by atoms with Crippen molar-refractivity contribution in [3.63, 3.8) is 0 Å². The summed E-state index contributed by atoms with van der Waals surface area (Å²) in [5, 5.41) is 2.32. The van der Waals surface area contributed by atoms with Gasteiger partial charge in [-0.05, 0) is 11.0 Å². The molecule has 0 saturated carbocycles. The summed E-state index contributed by atoms with van der Waals surface area (Å²) in [7, 11) is 0. The third-order valence-corrected chi connectivity index (χ3v) is 3.22. The molecule has 0 aliphatic rings. The predicted molar refractivity (Wildman–Crippen MR) is 88.4 cm³/mol. The number of amides is 1. The van der Waals surface area contributed by atoms with E-state index in [1.165, 1.54) is 0 Å². The molecule has 0 bridgehead atoms. The van der Waals surface area contributed by atoms with Crippen LogP contribution in [0.4, 0.5) is 4.79 Å². The van der Waals surface area contributed by atoms with Gasteiger partial charge in [0, 0.05) is 6.42 Å². The Morgan fingerprint density at radius 2 is 1.74 bits per heavy atom. The van der Waals surface area contributed by atoms with Gasteiger partial charge in [0.25, 0.3) is 0 Å². The zero-order valence-electron chi connectivity index (χ0n) is 13.6. The van der Waals surface area contributed by atoms with E-state index in [4.69, 9.17) is 16.3 Å². The Labute approximate surface area is 141 Å². The third-order valence-electron chi connectivity index (χ3n) is 2.96. The van der Waals surface area contributed by atoms with E-state index in [2.05, 4.69) is 5.32 Å². The van der Waals surface area contributed by atoms with Gasteiger partial charge in [0.15, 0.2) is 17.6 Å². The van der Waals surface area contributed by atoms with Crippen LogP contribution < -0.4 is 5.32 Å². The number of alkyl carbamates (subject to hydrolysis) is 1. The van der Waals surface area contributed by atoms with E-state index < -0.39 is 17.9 Å². The Hall–Kier alpha value is -1.88. The molecule has 126 valence electrons. The van der Waals surface area contributed by atoms with Crippen LogP contribution in [0.2, 0.25) is 0 Å². The van der Waals surface area contributed by atoms with Crippen molar-refractivity contribution in [3.05, 3.63) is 35.9 Å². The summed E-state index contributed by atoms with van der Waals surface area (Å²) < 4.78 is 5.04. The minimum atomic E-state index is -1.27. The lowest BCUT2D eigenvalue weighted by Crippen LogP contribution is -2.48. The summed E-state index contributed by atoms with van der Waals surface area (Å²) in [4.78, 5) is 35.9. The second kappa shape index (κ2) is 8.67. The highest BCUT2D eigenvalue weighted by Gasteiger charge is 2.30. The molecule has 0 spiro atoms. The lowest BCUT2D eigenvalue weighted by Gasteiger charge is -2.21. The average molecular weight is 340 g/mol. The van der Waals surface area contributed by atoms with Crippen molar-refractivity contribution in [1.82, 2.24) is 5.32 Å². The van der Waals surface area contributed by atoms with Gasteiger partial charge in [-0.1, -0.05) is 51.1 Å². The number of nitrogens with one attached hydrogen (secondary N) is 1. The first-order valence-corrected chi connectivity index (χ1v) is 7.85. The van der Waals surface area contributed by atoms with E-state index in [1.807, 2.05) is 39.0 Å². The number of rotatable bonds is 7. The number of alkyl halides is 1. The quantitative estimate of drug-likeness (QED) is 0.612. The smallest absolute Gasteiger partial charge is 0.408 e. The van der Waals surface area contributed by atoms with Gasteiger partial charge in [-0.3, -0.25) is 9.59 Å².